The van der Waals surface area contributed by atoms with Crippen molar-refractivity contribution < 1.29 is 9.53 Å². The first kappa shape index (κ1) is 14.1. The Bertz CT molecular complexity index is 653. The van der Waals surface area contributed by atoms with Crippen LogP contribution in [0.4, 0.5) is 0 Å². The van der Waals surface area contributed by atoms with Crippen molar-refractivity contribution in [3.63, 3.8) is 0 Å². The SMILES string of the molecule is CCOC(=O)CCCC#Cc1ccc2cccnc2c1. The molecule has 1 aromatic heterocycles. The molecule has 2 rings (SSSR count). The summed E-state index contributed by atoms with van der Waals surface area (Å²) in [6.45, 7) is 2.25. The maximum Gasteiger partial charge on any atom is 0.305 e. The second-order valence-corrected chi connectivity index (χ2v) is 4.37. The minimum atomic E-state index is -0.149. The Morgan fingerprint density at radius 1 is 1.35 bits per heavy atom. The van der Waals surface area contributed by atoms with Gasteiger partial charge < -0.3 is 4.74 Å². The maximum atomic E-state index is 11.1. The average molecular weight is 267 g/mol. The van der Waals surface area contributed by atoms with E-state index in [0.29, 0.717) is 19.4 Å². The fourth-order valence-corrected chi connectivity index (χ4v) is 1.86. The lowest BCUT2D eigenvalue weighted by Gasteiger charge is -1.98. The summed E-state index contributed by atoms with van der Waals surface area (Å²) >= 11 is 0. The third kappa shape index (κ3) is 4.10. The molecule has 0 N–H and O–H groups in total. The van der Waals surface area contributed by atoms with E-state index < -0.39 is 0 Å². The molecule has 0 aliphatic rings. The van der Waals surface area contributed by atoms with Crippen LogP contribution in [0.5, 0.6) is 0 Å². The molecule has 102 valence electrons. The lowest BCUT2D eigenvalue weighted by atomic mass is 10.1. The van der Waals surface area contributed by atoms with Crippen LogP contribution in [0, 0.1) is 11.8 Å². The van der Waals surface area contributed by atoms with Crippen LogP contribution in [0.3, 0.4) is 0 Å². The Labute approximate surface area is 119 Å². The third-order valence-corrected chi connectivity index (χ3v) is 2.83. The number of hydrogen-bond acceptors (Lipinski definition) is 3. The van der Waals surface area contributed by atoms with Crippen LogP contribution in [0.25, 0.3) is 10.9 Å². The molecule has 1 heterocycles. The normalized spacial score (nSPS) is 9.85. The average Bonchev–Trinajstić information content (AvgIpc) is 2.47. The highest BCUT2D eigenvalue weighted by molar-refractivity contribution is 5.79. The molecule has 2 aromatic rings. The Kier molecular flexibility index (Phi) is 5.14. The van der Waals surface area contributed by atoms with Gasteiger partial charge in [0.15, 0.2) is 0 Å². The van der Waals surface area contributed by atoms with E-state index >= 15 is 0 Å². The Morgan fingerprint density at radius 2 is 2.25 bits per heavy atom. The fraction of sp³-hybridized carbons (Fsp3) is 0.294. The topological polar surface area (TPSA) is 39.2 Å². The van der Waals surface area contributed by atoms with E-state index in [2.05, 4.69) is 16.8 Å². The summed E-state index contributed by atoms with van der Waals surface area (Å²) in [4.78, 5) is 15.4. The van der Waals surface area contributed by atoms with E-state index in [1.165, 1.54) is 0 Å². The highest BCUT2D eigenvalue weighted by Crippen LogP contribution is 2.12. The summed E-state index contributed by atoms with van der Waals surface area (Å²) in [5, 5.41) is 1.11. The van der Waals surface area contributed by atoms with Gasteiger partial charge in [-0.25, -0.2) is 0 Å². The highest BCUT2D eigenvalue weighted by atomic mass is 16.5. The number of carbonyl (C=O) groups is 1. The number of esters is 1. The Balaban J connectivity index is 1.89. The number of pyridine rings is 1. The van der Waals surface area contributed by atoms with Gasteiger partial charge in [0.1, 0.15) is 0 Å². The first-order valence-electron chi connectivity index (χ1n) is 6.79. The second kappa shape index (κ2) is 7.30. The molecule has 0 unspecified atom stereocenters. The van der Waals surface area contributed by atoms with Gasteiger partial charge >= 0.3 is 5.97 Å². The van der Waals surface area contributed by atoms with Crippen LogP contribution in [-0.2, 0) is 9.53 Å². The molecule has 3 nitrogen and oxygen atoms in total. The second-order valence-electron chi connectivity index (χ2n) is 4.37. The first-order valence-corrected chi connectivity index (χ1v) is 6.79. The van der Waals surface area contributed by atoms with Gasteiger partial charge in [-0.1, -0.05) is 24.0 Å². The summed E-state index contributed by atoms with van der Waals surface area (Å²) < 4.78 is 4.86. The molecule has 0 aliphatic heterocycles. The van der Waals surface area contributed by atoms with Crippen molar-refractivity contribution in [1.82, 2.24) is 4.98 Å². The molecule has 0 aliphatic carbocycles. The summed E-state index contributed by atoms with van der Waals surface area (Å²) in [6, 6.07) is 9.93. The fourth-order valence-electron chi connectivity index (χ4n) is 1.86. The van der Waals surface area contributed by atoms with Gasteiger partial charge in [-0.3, -0.25) is 9.78 Å². The van der Waals surface area contributed by atoms with Crippen LogP contribution in [0.1, 0.15) is 31.7 Å². The van der Waals surface area contributed by atoms with E-state index in [9.17, 15) is 4.79 Å². The van der Waals surface area contributed by atoms with E-state index in [1.54, 1.807) is 6.20 Å². The number of benzene rings is 1. The number of nitrogens with zero attached hydrogens (tertiary/aromatic N) is 1. The monoisotopic (exact) mass is 267 g/mol. The van der Waals surface area contributed by atoms with Crippen molar-refractivity contribution in [3.8, 4) is 11.8 Å². The highest BCUT2D eigenvalue weighted by Gasteiger charge is 1.99. The Hall–Kier alpha value is -2.34. The van der Waals surface area contributed by atoms with Crippen molar-refractivity contribution in [2.75, 3.05) is 6.61 Å². The molecule has 0 amide bonds. The lowest BCUT2D eigenvalue weighted by Crippen LogP contribution is -2.02. The van der Waals surface area contributed by atoms with Crippen LogP contribution in [-0.4, -0.2) is 17.6 Å². The molecule has 0 saturated carbocycles. The van der Waals surface area contributed by atoms with Gasteiger partial charge in [0.05, 0.1) is 12.1 Å². The van der Waals surface area contributed by atoms with Gasteiger partial charge in [-0.05, 0) is 31.5 Å². The molecule has 20 heavy (non-hydrogen) atoms. The quantitative estimate of drug-likeness (QED) is 0.484. The molecule has 0 spiro atoms. The third-order valence-electron chi connectivity index (χ3n) is 2.83. The molecule has 0 saturated heterocycles. The predicted molar refractivity (Wildman–Crippen MR) is 79.1 cm³/mol. The molecule has 0 radical (unpaired) electrons. The van der Waals surface area contributed by atoms with Gasteiger partial charge in [-0.2, -0.15) is 0 Å². The number of ether oxygens (including phenoxy) is 1. The van der Waals surface area contributed by atoms with Gasteiger partial charge in [0.25, 0.3) is 0 Å². The van der Waals surface area contributed by atoms with Crippen molar-refractivity contribution in [1.29, 1.82) is 0 Å². The lowest BCUT2D eigenvalue weighted by molar-refractivity contribution is -0.143. The van der Waals surface area contributed by atoms with E-state index in [0.717, 1.165) is 22.9 Å². The molecule has 3 heteroatoms. The summed E-state index contributed by atoms with van der Waals surface area (Å²) in [5.74, 6) is 6.03. The van der Waals surface area contributed by atoms with Gasteiger partial charge in [-0.15, -0.1) is 0 Å². The van der Waals surface area contributed by atoms with Crippen LogP contribution in [0.15, 0.2) is 36.5 Å². The number of aromatic nitrogens is 1. The van der Waals surface area contributed by atoms with Gasteiger partial charge in [0.2, 0.25) is 0 Å². The number of fused-ring (bicyclic) bond motifs is 1. The van der Waals surface area contributed by atoms with E-state index in [1.807, 2.05) is 37.3 Å². The first-order chi connectivity index (χ1) is 9.79. The number of rotatable bonds is 4. The smallest absolute Gasteiger partial charge is 0.305 e. The number of hydrogen-bond donors (Lipinski definition) is 0. The zero-order valence-corrected chi connectivity index (χ0v) is 11.6. The van der Waals surface area contributed by atoms with Crippen LogP contribution < -0.4 is 0 Å². The molecular formula is C17H17NO2. The number of carbonyl (C=O) groups excluding carboxylic acids is 1. The minimum absolute atomic E-state index is 0.149. The Morgan fingerprint density at radius 3 is 3.10 bits per heavy atom. The van der Waals surface area contributed by atoms with Crippen LogP contribution >= 0.6 is 0 Å². The summed E-state index contributed by atoms with van der Waals surface area (Å²) in [7, 11) is 0. The molecular weight excluding hydrogens is 250 g/mol. The van der Waals surface area contributed by atoms with E-state index in [-0.39, 0.29) is 5.97 Å². The van der Waals surface area contributed by atoms with Crippen molar-refractivity contribution in [2.24, 2.45) is 0 Å². The van der Waals surface area contributed by atoms with Crippen molar-refractivity contribution in [3.05, 3.63) is 42.1 Å². The summed E-state index contributed by atoms with van der Waals surface area (Å²) in [6.07, 6.45) is 3.64. The van der Waals surface area contributed by atoms with Crippen LogP contribution in [0.2, 0.25) is 0 Å². The van der Waals surface area contributed by atoms with Gasteiger partial charge in [0, 0.05) is 30.0 Å². The maximum absolute atomic E-state index is 11.1. The molecule has 0 atom stereocenters. The van der Waals surface area contributed by atoms with E-state index in [4.69, 9.17) is 4.74 Å². The summed E-state index contributed by atoms with van der Waals surface area (Å²) in [5.41, 5.74) is 1.90. The molecule has 0 fully saturated rings. The van der Waals surface area contributed by atoms with Crippen molar-refractivity contribution >= 4 is 16.9 Å². The zero-order chi connectivity index (χ0) is 14.2. The largest absolute Gasteiger partial charge is 0.466 e. The molecule has 0 bridgehead atoms. The number of unbranched alkanes of at least 4 members (excludes halogenated alkanes) is 1. The standard InChI is InChI=1S/C17H17NO2/c1-2-20-17(19)9-5-3-4-7-14-10-11-15-8-6-12-18-16(15)13-14/h6,8,10-13H,2-3,5,9H2,1H3. The van der Waals surface area contributed by atoms with Crippen molar-refractivity contribution in [2.45, 2.75) is 26.2 Å². The zero-order valence-electron chi connectivity index (χ0n) is 11.6. The molecule has 1 aromatic carbocycles. The predicted octanol–water partition coefficient (Wildman–Crippen LogP) is 3.32. The minimum Gasteiger partial charge on any atom is -0.466 e.